The highest BCUT2D eigenvalue weighted by atomic mass is 31.2. The highest BCUT2D eigenvalue weighted by molar-refractivity contribution is 7.48. The van der Waals surface area contributed by atoms with E-state index in [0.29, 0.717) is 38.9 Å². The summed E-state index contributed by atoms with van der Waals surface area (Å²) >= 11 is 0. The molecule has 0 saturated carbocycles. The number of carbonyl (C=O) groups excluding carboxylic acids is 3. The number of unbranched alkanes of at least 4 members (excludes halogenated alkanes) is 24. The number of phosphoric acid groups is 2. The zero-order chi connectivity index (χ0) is 60.5. The maximum absolute atomic E-state index is 13.4. The number of carbonyl (C=O) groups is 3. The third kappa shape index (κ3) is 52.1. The van der Waals surface area contributed by atoms with Gasteiger partial charge in [0.05, 0.1) is 78.2 Å². The molecule has 484 valence electrons. The van der Waals surface area contributed by atoms with E-state index < -0.39 is 33.8 Å². The van der Waals surface area contributed by atoms with Crippen LogP contribution >= 0.6 is 15.6 Å². The van der Waals surface area contributed by atoms with Gasteiger partial charge in [0.15, 0.2) is 0 Å². The fourth-order valence-corrected chi connectivity index (χ4v) is 11.1. The van der Waals surface area contributed by atoms with Crippen LogP contribution in [0.15, 0.2) is 25.3 Å². The van der Waals surface area contributed by atoms with Crippen LogP contribution in [0.1, 0.15) is 246 Å². The Morgan fingerprint density at radius 2 is 0.732 bits per heavy atom. The minimum absolute atomic E-state index is 0.0789. The van der Waals surface area contributed by atoms with Gasteiger partial charge in [-0.1, -0.05) is 194 Å². The van der Waals surface area contributed by atoms with E-state index in [1.54, 1.807) is 0 Å². The first-order valence-electron chi connectivity index (χ1n) is 32.1. The molecule has 6 N–H and O–H groups in total. The summed E-state index contributed by atoms with van der Waals surface area (Å²) in [6.07, 6.45) is 38.2. The van der Waals surface area contributed by atoms with Crippen molar-refractivity contribution in [1.82, 2.24) is 10.6 Å². The van der Waals surface area contributed by atoms with Gasteiger partial charge in [0.25, 0.3) is 0 Å². The summed E-state index contributed by atoms with van der Waals surface area (Å²) in [5, 5.41) is 5.13. The van der Waals surface area contributed by atoms with Crippen molar-refractivity contribution in [2.75, 3.05) is 79.2 Å². The highest BCUT2D eigenvalue weighted by Crippen LogP contribution is 2.50. The summed E-state index contributed by atoms with van der Waals surface area (Å²) in [5.74, 6) is -0.318. The number of urea groups is 1. The molecule has 0 heterocycles. The molecule has 0 fully saturated rings. The van der Waals surface area contributed by atoms with Gasteiger partial charge in [0.2, 0.25) is 0 Å². The van der Waals surface area contributed by atoms with Gasteiger partial charge in [-0.15, -0.1) is 13.2 Å². The fraction of sp³-hybridized carbons (Fsp3) is 0.885. The van der Waals surface area contributed by atoms with E-state index in [9.17, 15) is 23.5 Å². The van der Waals surface area contributed by atoms with Gasteiger partial charge in [-0.2, -0.15) is 0 Å². The van der Waals surface area contributed by atoms with Crippen molar-refractivity contribution in [2.24, 2.45) is 11.5 Å². The van der Waals surface area contributed by atoms with E-state index in [-0.39, 0.29) is 90.1 Å². The molecule has 82 heavy (non-hydrogen) atoms. The van der Waals surface area contributed by atoms with Crippen LogP contribution in [0.5, 0.6) is 0 Å². The van der Waals surface area contributed by atoms with Crippen molar-refractivity contribution in [2.45, 2.75) is 270 Å². The lowest BCUT2D eigenvalue weighted by Gasteiger charge is -2.21. The van der Waals surface area contributed by atoms with E-state index in [4.69, 9.17) is 57.6 Å². The quantitative estimate of drug-likeness (QED) is 0.0191. The first-order valence-corrected chi connectivity index (χ1v) is 35.1. The van der Waals surface area contributed by atoms with Gasteiger partial charge in [0.1, 0.15) is 12.2 Å². The second-order valence-corrected chi connectivity index (χ2v) is 24.9. The average molecular weight is 1210 g/mol. The summed E-state index contributed by atoms with van der Waals surface area (Å²) in [7, 11) is -8.24. The van der Waals surface area contributed by atoms with Crippen molar-refractivity contribution in [3.8, 4) is 0 Å². The molecule has 6 atom stereocenters. The Kier molecular flexibility index (Phi) is 56.2. The monoisotopic (exact) mass is 1210 g/mol. The van der Waals surface area contributed by atoms with Gasteiger partial charge in [-0.05, 0) is 38.5 Å². The third-order valence-corrected chi connectivity index (χ3v) is 16.4. The number of rotatable bonds is 64. The Morgan fingerprint density at radius 3 is 1.06 bits per heavy atom. The van der Waals surface area contributed by atoms with Crippen molar-refractivity contribution < 1.29 is 69.6 Å². The van der Waals surface area contributed by atoms with E-state index >= 15 is 0 Å². The van der Waals surface area contributed by atoms with E-state index in [0.717, 1.165) is 103 Å². The number of ether oxygens (including phenoxy) is 4. The second-order valence-electron chi connectivity index (χ2n) is 21.5. The lowest BCUT2D eigenvalue weighted by atomic mass is 10.1. The van der Waals surface area contributed by atoms with Crippen LogP contribution < -0.4 is 22.1 Å². The van der Waals surface area contributed by atoms with Crippen molar-refractivity contribution in [1.29, 1.82) is 0 Å². The zero-order valence-electron chi connectivity index (χ0n) is 52.1. The van der Waals surface area contributed by atoms with Crippen molar-refractivity contribution >= 4 is 33.6 Å². The summed E-state index contributed by atoms with van der Waals surface area (Å²) < 4.78 is 83.0. The molecule has 0 rings (SSSR count). The summed E-state index contributed by atoms with van der Waals surface area (Å²) in [6.45, 7) is 15.5. The van der Waals surface area contributed by atoms with Crippen LogP contribution in [0.4, 0.5) is 4.79 Å². The van der Waals surface area contributed by atoms with Gasteiger partial charge in [-0.25, -0.2) is 13.9 Å². The molecule has 2 unspecified atom stereocenters. The van der Waals surface area contributed by atoms with E-state index in [2.05, 4.69) is 51.5 Å². The van der Waals surface area contributed by atoms with Gasteiger partial charge >= 0.3 is 33.6 Å². The van der Waals surface area contributed by atoms with Crippen LogP contribution in [0.25, 0.3) is 0 Å². The van der Waals surface area contributed by atoms with Crippen molar-refractivity contribution in [3.63, 3.8) is 0 Å². The number of amides is 2. The molecular weight excluding hydrogens is 1090 g/mol. The van der Waals surface area contributed by atoms with Crippen LogP contribution in [0.2, 0.25) is 0 Å². The summed E-state index contributed by atoms with van der Waals surface area (Å²) in [6, 6.07) is -1.96. The fourth-order valence-electron chi connectivity index (χ4n) is 8.71. The Bertz CT molecular complexity index is 1510. The molecule has 0 aliphatic rings. The predicted octanol–water partition coefficient (Wildman–Crippen LogP) is 14.8. The zero-order valence-corrected chi connectivity index (χ0v) is 53.9. The second kappa shape index (κ2) is 57.8. The third-order valence-electron chi connectivity index (χ3n) is 13.5. The van der Waals surface area contributed by atoms with Crippen LogP contribution in [-0.4, -0.2) is 121 Å². The molecule has 0 aliphatic heterocycles. The predicted molar refractivity (Wildman–Crippen MR) is 330 cm³/mol. The average Bonchev–Trinajstić information content (AvgIpc) is 3.51. The smallest absolute Gasteiger partial charge is 0.462 e. The molecule has 0 aliphatic carbocycles. The number of hydrogen-bond acceptors (Lipinski definition) is 17. The number of nitrogens with one attached hydrogen (secondary N) is 2. The molecule has 2 amide bonds. The summed E-state index contributed by atoms with van der Waals surface area (Å²) in [4.78, 5) is 38.1. The molecule has 0 spiro atoms. The molecular formula is C61H120N4O15P2. The van der Waals surface area contributed by atoms with Crippen LogP contribution in [-0.2, 0) is 64.8 Å². The number of phosphoric ester groups is 2. The molecule has 0 aromatic heterocycles. The Balaban J connectivity index is 4.79. The molecule has 0 bridgehead atoms. The first kappa shape index (κ1) is 79.8. The topological polar surface area (TPSA) is 254 Å². The van der Waals surface area contributed by atoms with Crippen molar-refractivity contribution in [3.05, 3.63) is 25.3 Å². The Hall–Kier alpha value is -2.25. The molecule has 0 radical (unpaired) electrons. The standard InChI is InChI=1S/C61H120N4O15P2/c1-7-13-17-21-23-25-27-31-35-39-59(66)79-57(37-33-29-19-15-9-3)41-47-71-51-55(62)53-77-81(69,73-45-11-5)75-49-43-64-61(68)65-44-50-76-82(70,74-46-12-6)78-54-56(63)52-72-48-42-58(38-34-30-20-16-10-4)80-60(67)40-36-32-28-26-24-22-18-14-8-2/h11-12,55-58H,5-10,13-54,62-63H2,1-4H3,(H2,64,65,68)/t55-,56-,57+,58+,81?,82?/m1/s1. The Labute approximate surface area is 498 Å². The molecule has 19 nitrogen and oxygen atoms in total. The Morgan fingerprint density at radius 1 is 0.415 bits per heavy atom. The van der Waals surface area contributed by atoms with Gasteiger partial charge in [-0.3, -0.25) is 36.7 Å². The molecule has 0 saturated heterocycles. The number of esters is 2. The highest BCUT2D eigenvalue weighted by Gasteiger charge is 2.29. The van der Waals surface area contributed by atoms with Gasteiger partial charge < -0.3 is 41.0 Å². The molecule has 21 heteroatoms. The lowest BCUT2D eigenvalue weighted by Crippen LogP contribution is -2.38. The summed E-state index contributed by atoms with van der Waals surface area (Å²) in [5.41, 5.74) is 12.5. The molecule has 0 aromatic rings. The number of hydrogen-bond donors (Lipinski definition) is 4. The maximum atomic E-state index is 13.4. The molecule has 0 aromatic carbocycles. The minimum atomic E-state index is -4.12. The largest absolute Gasteiger partial charge is 0.475 e. The lowest BCUT2D eigenvalue weighted by molar-refractivity contribution is -0.151. The first-order chi connectivity index (χ1) is 39.8. The number of nitrogens with two attached hydrogens (primary N) is 2. The minimum Gasteiger partial charge on any atom is -0.462 e. The van der Waals surface area contributed by atoms with Gasteiger partial charge in [0, 0.05) is 38.8 Å². The van der Waals surface area contributed by atoms with Crippen LogP contribution in [0.3, 0.4) is 0 Å². The normalized spacial score (nSPS) is 14.5. The van der Waals surface area contributed by atoms with E-state index in [1.807, 2.05) is 0 Å². The van der Waals surface area contributed by atoms with E-state index in [1.165, 1.54) is 102 Å². The SMILES string of the molecule is C=CCOP(=O)(OCCNC(=O)NCCOP(=O)(OCC=C)OC[C@H](N)COCC[C@H](CCCCCCC)OC(=O)CCCCCCCCCCC)OC[C@H](N)COCC[C@H](CCCCCCC)OC(=O)CCCCCCCCCCC. The maximum Gasteiger partial charge on any atom is 0.475 e. The van der Waals surface area contributed by atoms with Crippen LogP contribution in [0, 0.1) is 0 Å².